The first kappa shape index (κ1) is 15.4. The highest BCUT2D eigenvalue weighted by Crippen LogP contribution is 2.38. The summed E-state index contributed by atoms with van der Waals surface area (Å²) >= 11 is 0. The third kappa shape index (κ3) is 3.03. The van der Waals surface area contributed by atoms with Gasteiger partial charge in [0.05, 0.1) is 27.9 Å². The van der Waals surface area contributed by atoms with Gasteiger partial charge in [-0.15, -0.1) is 0 Å². The Hall–Kier alpha value is -2.00. The lowest BCUT2D eigenvalue weighted by Crippen LogP contribution is -2.29. The van der Waals surface area contributed by atoms with Gasteiger partial charge in [-0.3, -0.25) is 4.79 Å². The molecule has 0 aliphatic carbocycles. The highest BCUT2D eigenvalue weighted by molar-refractivity contribution is 7.88. The number of carbonyl (C=O) groups is 1. The van der Waals surface area contributed by atoms with Crippen molar-refractivity contribution in [2.24, 2.45) is 0 Å². The van der Waals surface area contributed by atoms with Crippen LogP contribution in [-0.2, 0) is 21.5 Å². The van der Waals surface area contributed by atoms with Crippen molar-refractivity contribution >= 4 is 16.1 Å². The summed E-state index contributed by atoms with van der Waals surface area (Å²) in [4.78, 5) is 11.2. The minimum Gasteiger partial charge on any atom is -0.493 e. The van der Waals surface area contributed by atoms with Crippen LogP contribution in [0.15, 0.2) is 12.1 Å². The van der Waals surface area contributed by atoms with Gasteiger partial charge >= 0.3 is 10.2 Å². The van der Waals surface area contributed by atoms with Crippen LogP contribution in [0.25, 0.3) is 0 Å². The summed E-state index contributed by atoms with van der Waals surface area (Å²) < 4.78 is 42.0. The van der Waals surface area contributed by atoms with Gasteiger partial charge in [0.25, 0.3) is 0 Å². The fourth-order valence-corrected chi connectivity index (χ4v) is 3.14. The normalized spacial score (nSPS) is 17.4. The van der Waals surface area contributed by atoms with Crippen LogP contribution in [0.2, 0.25) is 0 Å². The van der Waals surface area contributed by atoms with E-state index < -0.39 is 16.1 Å². The Bertz CT molecular complexity index is 633. The molecule has 8 nitrogen and oxygen atoms in total. The monoisotopic (exact) mass is 316 g/mol. The fourth-order valence-electron chi connectivity index (χ4n) is 2.06. The topological polar surface area (TPSA) is 94.2 Å². The van der Waals surface area contributed by atoms with Crippen LogP contribution in [0.1, 0.15) is 5.56 Å². The van der Waals surface area contributed by atoms with Crippen LogP contribution in [0, 0.1) is 0 Å². The maximum absolute atomic E-state index is 11.7. The second-order valence-electron chi connectivity index (χ2n) is 4.33. The van der Waals surface area contributed by atoms with Crippen LogP contribution in [-0.4, -0.2) is 46.5 Å². The molecule has 1 aliphatic rings. The van der Waals surface area contributed by atoms with E-state index in [-0.39, 0.29) is 13.1 Å². The SMILES string of the molecule is COc1cc(CN2CC(=O)NS2(=O)=O)cc(OC)c1OC. The van der Waals surface area contributed by atoms with Crippen molar-refractivity contribution in [3.8, 4) is 17.2 Å². The third-order valence-electron chi connectivity index (χ3n) is 2.99. The van der Waals surface area contributed by atoms with Crippen molar-refractivity contribution in [2.45, 2.75) is 6.54 Å². The van der Waals surface area contributed by atoms with Crippen molar-refractivity contribution in [3.05, 3.63) is 17.7 Å². The Morgan fingerprint density at radius 3 is 2.10 bits per heavy atom. The smallest absolute Gasteiger partial charge is 0.304 e. The van der Waals surface area contributed by atoms with Crippen LogP contribution < -0.4 is 18.9 Å². The summed E-state index contributed by atoms with van der Waals surface area (Å²) in [6, 6.07) is 3.28. The molecule has 0 atom stereocenters. The van der Waals surface area contributed by atoms with Gasteiger partial charge in [-0.25, -0.2) is 4.72 Å². The Balaban J connectivity index is 2.35. The molecule has 1 N–H and O–H groups in total. The highest BCUT2D eigenvalue weighted by Gasteiger charge is 2.34. The van der Waals surface area contributed by atoms with E-state index in [1.165, 1.54) is 21.3 Å². The zero-order valence-corrected chi connectivity index (χ0v) is 12.7. The molecule has 0 saturated carbocycles. The van der Waals surface area contributed by atoms with E-state index in [0.29, 0.717) is 22.8 Å². The Morgan fingerprint density at radius 1 is 1.14 bits per heavy atom. The number of hydrogen-bond donors (Lipinski definition) is 1. The summed E-state index contributed by atoms with van der Waals surface area (Å²) in [5.41, 5.74) is 0.615. The first-order valence-corrected chi connectivity index (χ1v) is 7.45. The molecule has 1 amide bonds. The van der Waals surface area contributed by atoms with E-state index in [1.54, 1.807) is 12.1 Å². The van der Waals surface area contributed by atoms with Gasteiger partial charge in [0.15, 0.2) is 11.5 Å². The molecule has 0 aromatic heterocycles. The second-order valence-corrected chi connectivity index (χ2v) is 6.00. The lowest BCUT2D eigenvalue weighted by Gasteiger charge is -2.16. The van der Waals surface area contributed by atoms with Crippen molar-refractivity contribution in [2.75, 3.05) is 27.9 Å². The Kier molecular flexibility index (Phi) is 4.24. The van der Waals surface area contributed by atoms with E-state index >= 15 is 0 Å². The predicted octanol–water partition coefficient (Wildman–Crippen LogP) is -0.111. The number of hydrogen-bond acceptors (Lipinski definition) is 6. The van der Waals surface area contributed by atoms with Gasteiger partial charge in [0, 0.05) is 6.54 Å². The molecule has 1 aliphatic heterocycles. The standard InChI is InChI=1S/C12H16N2O6S/c1-18-9-4-8(5-10(19-2)12(9)20-3)6-14-7-11(15)13-21(14,16)17/h4-5H,6-7H2,1-3H3,(H,13,15). The maximum Gasteiger partial charge on any atom is 0.304 e. The Labute approximate surface area is 122 Å². The molecule has 1 heterocycles. The van der Waals surface area contributed by atoms with E-state index in [4.69, 9.17) is 14.2 Å². The average molecular weight is 316 g/mol. The molecular formula is C12H16N2O6S. The van der Waals surface area contributed by atoms with E-state index in [1.807, 2.05) is 4.72 Å². The summed E-state index contributed by atoms with van der Waals surface area (Å²) in [5, 5.41) is 0. The lowest BCUT2D eigenvalue weighted by molar-refractivity contribution is -0.118. The van der Waals surface area contributed by atoms with Crippen LogP contribution in [0.5, 0.6) is 17.2 Å². The fraction of sp³-hybridized carbons (Fsp3) is 0.417. The summed E-state index contributed by atoms with van der Waals surface area (Å²) in [7, 11) is 0.653. The number of nitrogens with one attached hydrogen (secondary N) is 1. The van der Waals surface area contributed by atoms with Crippen molar-refractivity contribution in [1.29, 1.82) is 0 Å². The Morgan fingerprint density at radius 2 is 1.71 bits per heavy atom. The number of benzene rings is 1. The van der Waals surface area contributed by atoms with Crippen LogP contribution in [0.4, 0.5) is 0 Å². The second kappa shape index (κ2) is 5.78. The number of methoxy groups -OCH3 is 3. The van der Waals surface area contributed by atoms with Gasteiger partial charge in [0.1, 0.15) is 0 Å². The maximum atomic E-state index is 11.7. The van der Waals surface area contributed by atoms with E-state index in [2.05, 4.69) is 0 Å². The molecular weight excluding hydrogens is 300 g/mol. The number of carbonyl (C=O) groups excluding carboxylic acids is 1. The summed E-state index contributed by atoms with van der Waals surface area (Å²) in [6.45, 7) is -0.184. The van der Waals surface area contributed by atoms with Crippen molar-refractivity contribution in [1.82, 2.24) is 9.03 Å². The van der Waals surface area contributed by atoms with Gasteiger partial charge in [-0.1, -0.05) is 0 Å². The summed E-state index contributed by atoms with van der Waals surface area (Å²) in [5.74, 6) is 0.704. The number of nitrogens with zero attached hydrogens (tertiary/aromatic N) is 1. The van der Waals surface area contributed by atoms with E-state index in [0.717, 1.165) is 4.31 Å². The molecule has 9 heteroatoms. The molecule has 21 heavy (non-hydrogen) atoms. The van der Waals surface area contributed by atoms with Gasteiger partial charge in [0.2, 0.25) is 11.7 Å². The third-order valence-corrected chi connectivity index (χ3v) is 4.41. The molecule has 116 valence electrons. The van der Waals surface area contributed by atoms with Crippen molar-refractivity contribution in [3.63, 3.8) is 0 Å². The van der Waals surface area contributed by atoms with E-state index in [9.17, 15) is 13.2 Å². The molecule has 0 bridgehead atoms. The van der Waals surface area contributed by atoms with Gasteiger partial charge in [-0.05, 0) is 17.7 Å². The molecule has 1 fully saturated rings. The largest absolute Gasteiger partial charge is 0.493 e. The predicted molar refractivity (Wildman–Crippen MR) is 73.6 cm³/mol. The minimum atomic E-state index is -3.77. The lowest BCUT2D eigenvalue weighted by atomic mass is 10.1. The average Bonchev–Trinajstić information content (AvgIpc) is 2.69. The molecule has 2 rings (SSSR count). The zero-order chi connectivity index (χ0) is 15.6. The number of rotatable bonds is 5. The first-order chi connectivity index (χ1) is 9.91. The van der Waals surface area contributed by atoms with Crippen molar-refractivity contribution < 1.29 is 27.4 Å². The van der Waals surface area contributed by atoms with Gasteiger partial charge in [-0.2, -0.15) is 12.7 Å². The summed E-state index contributed by atoms with van der Waals surface area (Å²) in [6.07, 6.45) is 0. The number of ether oxygens (including phenoxy) is 3. The highest BCUT2D eigenvalue weighted by atomic mass is 32.2. The molecule has 0 unspecified atom stereocenters. The quantitative estimate of drug-likeness (QED) is 0.814. The number of amides is 1. The van der Waals surface area contributed by atoms with Crippen LogP contribution >= 0.6 is 0 Å². The minimum absolute atomic E-state index is 0.0256. The molecule has 1 saturated heterocycles. The molecule has 1 aromatic rings. The molecule has 1 aromatic carbocycles. The van der Waals surface area contributed by atoms with Gasteiger partial charge < -0.3 is 14.2 Å². The van der Waals surface area contributed by atoms with Crippen LogP contribution in [0.3, 0.4) is 0 Å². The first-order valence-electron chi connectivity index (χ1n) is 6.01. The molecule has 0 radical (unpaired) electrons. The molecule has 0 spiro atoms. The zero-order valence-electron chi connectivity index (χ0n) is 11.9.